The van der Waals surface area contributed by atoms with Crippen molar-refractivity contribution in [3.05, 3.63) is 85.4 Å². The Bertz CT molecular complexity index is 1310. The molecule has 156 valence electrons. The number of benzene rings is 1. The second-order valence-corrected chi connectivity index (χ2v) is 6.68. The molecule has 2 N–H and O–H groups in total. The van der Waals surface area contributed by atoms with Crippen LogP contribution in [0.4, 0.5) is 5.69 Å². The molecule has 2 aromatic heterocycles. The molecule has 0 bridgehead atoms. The molecule has 1 aromatic carbocycles. The Morgan fingerprint density at radius 2 is 1.90 bits per heavy atom. The van der Waals surface area contributed by atoms with Crippen LogP contribution in [0.5, 0.6) is 5.88 Å². The fourth-order valence-electron chi connectivity index (χ4n) is 3.25. The van der Waals surface area contributed by atoms with Crippen LogP contribution in [0.2, 0.25) is 0 Å². The third-order valence-electron chi connectivity index (χ3n) is 4.88. The van der Waals surface area contributed by atoms with Crippen molar-refractivity contribution in [2.75, 3.05) is 0 Å². The van der Waals surface area contributed by atoms with Crippen LogP contribution in [0.25, 0.3) is 5.69 Å². The van der Waals surface area contributed by atoms with Gasteiger partial charge in [-0.2, -0.15) is 0 Å². The lowest BCUT2D eigenvalue weighted by molar-refractivity contribution is 0.409. The first kappa shape index (κ1) is 20.8. The molecule has 0 spiro atoms. The summed E-state index contributed by atoms with van der Waals surface area (Å²) in [4.78, 5) is 44.2. The minimum atomic E-state index is -0.768. The van der Waals surface area contributed by atoms with E-state index in [1.165, 1.54) is 10.8 Å². The molecule has 3 rings (SSSR count). The maximum Gasteiger partial charge on any atom is 0.331 e. The smallest absolute Gasteiger partial charge is 0.331 e. The van der Waals surface area contributed by atoms with Crippen LogP contribution in [-0.2, 0) is 13.6 Å². The number of hydrogen-bond acceptors (Lipinski definition) is 5. The zero-order valence-corrected chi connectivity index (χ0v) is 17.0. The molecule has 0 aliphatic heterocycles. The van der Waals surface area contributed by atoms with E-state index < -0.39 is 17.1 Å². The number of aromatic amines is 1. The van der Waals surface area contributed by atoms with Gasteiger partial charge in [0.1, 0.15) is 5.56 Å². The molecule has 0 aliphatic carbocycles. The first-order valence-electron chi connectivity index (χ1n) is 9.40. The lowest BCUT2D eigenvalue weighted by Crippen LogP contribution is -2.33. The fourth-order valence-corrected chi connectivity index (χ4v) is 3.25. The predicted molar refractivity (Wildman–Crippen MR) is 115 cm³/mol. The molecule has 0 aliphatic rings. The molecule has 0 amide bonds. The predicted octanol–water partition coefficient (Wildman–Crippen LogP) is 1.76. The van der Waals surface area contributed by atoms with Crippen LogP contribution in [0, 0.1) is 6.92 Å². The molecule has 0 radical (unpaired) electrons. The van der Waals surface area contributed by atoms with Gasteiger partial charge in [-0.25, -0.2) is 14.5 Å². The van der Waals surface area contributed by atoms with E-state index >= 15 is 0 Å². The van der Waals surface area contributed by atoms with Gasteiger partial charge < -0.3 is 5.11 Å². The van der Waals surface area contributed by atoms with Crippen LogP contribution >= 0.6 is 0 Å². The number of nitrogens with zero attached hydrogens (tertiary/aromatic N) is 4. The second-order valence-electron chi connectivity index (χ2n) is 6.68. The summed E-state index contributed by atoms with van der Waals surface area (Å²) in [6, 6.07) is 9.11. The van der Waals surface area contributed by atoms with Gasteiger partial charge in [0.25, 0.3) is 11.1 Å². The average molecular weight is 409 g/mol. The molecule has 9 heteroatoms. The third kappa shape index (κ3) is 3.45. The molecule has 0 saturated heterocycles. The van der Waals surface area contributed by atoms with E-state index in [4.69, 9.17) is 0 Å². The van der Waals surface area contributed by atoms with Crippen molar-refractivity contribution in [3.63, 3.8) is 0 Å². The van der Waals surface area contributed by atoms with Gasteiger partial charge in [0.15, 0.2) is 5.69 Å². The number of para-hydroxylation sites is 1. The van der Waals surface area contributed by atoms with Gasteiger partial charge in [-0.1, -0.05) is 31.2 Å². The van der Waals surface area contributed by atoms with Crippen molar-refractivity contribution >= 4 is 11.4 Å². The number of H-pyrrole nitrogens is 1. The minimum Gasteiger partial charge on any atom is -0.494 e. The van der Waals surface area contributed by atoms with E-state index in [2.05, 4.69) is 16.6 Å². The molecule has 30 heavy (non-hydrogen) atoms. The van der Waals surface area contributed by atoms with E-state index in [0.717, 1.165) is 4.57 Å². The fraction of sp³-hybridized carbons (Fsp3) is 0.238. The number of hydrogen-bond donors (Lipinski definition) is 2. The van der Waals surface area contributed by atoms with Crippen LogP contribution < -0.4 is 16.8 Å². The summed E-state index contributed by atoms with van der Waals surface area (Å²) in [5.74, 6) is -0.513. The Morgan fingerprint density at radius 1 is 1.23 bits per heavy atom. The third-order valence-corrected chi connectivity index (χ3v) is 4.88. The van der Waals surface area contributed by atoms with Gasteiger partial charge in [0.2, 0.25) is 5.88 Å². The summed E-state index contributed by atoms with van der Waals surface area (Å²) in [6.45, 7) is 7.05. The Hall–Kier alpha value is -3.88. The van der Waals surface area contributed by atoms with Gasteiger partial charge >= 0.3 is 5.69 Å². The summed E-state index contributed by atoms with van der Waals surface area (Å²) in [5, 5.41) is 10.6. The van der Waals surface area contributed by atoms with Gasteiger partial charge in [-0.05, 0) is 25.5 Å². The maximum absolute atomic E-state index is 13.1. The molecular weight excluding hydrogens is 386 g/mol. The highest BCUT2D eigenvalue weighted by molar-refractivity contribution is 6.03. The topological polar surface area (TPSA) is 114 Å². The summed E-state index contributed by atoms with van der Waals surface area (Å²) in [6.07, 6.45) is 1.67. The number of aromatic hydroxyl groups is 1. The molecule has 0 atom stereocenters. The van der Waals surface area contributed by atoms with Gasteiger partial charge in [0.05, 0.1) is 17.1 Å². The van der Waals surface area contributed by atoms with Crippen molar-refractivity contribution in [2.45, 2.75) is 26.8 Å². The van der Waals surface area contributed by atoms with Gasteiger partial charge in [-0.3, -0.25) is 23.8 Å². The zero-order chi connectivity index (χ0) is 22.0. The Balaban J connectivity index is 2.27. The Kier molecular flexibility index (Phi) is 5.72. The number of rotatable bonds is 6. The van der Waals surface area contributed by atoms with E-state index in [9.17, 15) is 19.5 Å². The van der Waals surface area contributed by atoms with Crippen LogP contribution in [0.3, 0.4) is 0 Å². The quantitative estimate of drug-likeness (QED) is 0.477. The summed E-state index contributed by atoms with van der Waals surface area (Å²) < 4.78 is 4.13. The summed E-state index contributed by atoms with van der Waals surface area (Å²) in [7, 11) is 1.74. The highest BCUT2D eigenvalue weighted by Gasteiger charge is 2.21. The Morgan fingerprint density at radius 3 is 2.50 bits per heavy atom. The lowest BCUT2D eigenvalue weighted by atomic mass is 10.1. The second kappa shape index (κ2) is 8.24. The molecule has 2 heterocycles. The average Bonchev–Trinajstić information content (AvgIpc) is 2.93. The zero-order valence-electron chi connectivity index (χ0n) is 17.0. The highest BCUT2D eigenvalue weighted by atomic mass is 16.3. The summed E-state index contributed by atoms with van der Waals surface area (Å²) in [5.41, 5.74) is -0.418. The molecule has 0 saturated carbocycles. The standard InChI is InChI=1S/C21H23N5O4/c1-5-12-25-19(28)16(18(27)23-21(25)30)15(6-2)22-17-13(3)24(4)26(20(17)29)14-10-8-7-9-11-14/h5,7-11,28H,1,6,12H2,2-4H3,(H,23,27,30). The van der Waals surface area contributed by atoms with Crippen molar-refractivity contribution in [1.82, 2.24) is 18.9 Å². The van der Waals surface area contributed by atoms with Gasteiger partial charge in [-0.15, -0.1) is 6.58 Å². The van der Waals surface area contributed by atoms with E-state index in [1.807, 2.05) is 18.2 Å². The molecule has 0 fully saturated rings. The van der Waals surface area contributed by atoms with Crippen molar-refractivity contribution < 1.29 is 5.11 Å². The number of aliphatic imine (C=N–C) groups is 1. The minimum absolute atomic E-state index is 0.0105. The maximum atomic E-state index is 13.1. The molecule has 0 unspecified atom stereocenters. The lowest BCUT2D eigenvalue weighted by Gasteiger charge is -2.10. The number of nitrogens with one attached hydrogen (secondary N) is 1. The normalized spacial score (nSPS) is 11.6. The van der Waals surface area contributed by atoms with E-state index in [1.54, 1.807) is 37.7 Å². The van der Waals surface area contributed by atoms with Crippen molar-refractivity contribution in [2.24, 2.45) is 12.0 Å². The summed E-state index contributed by atoms with van der Waals surface area (Å²) >= 11 is 0. The number of aromatic nitrogens is 4. The molecular formula is C21H23N5O4. The van der Waals surface area contributed by atoms with Crippen molar-refractivity contribution in [1.29, 1.82) is 0 Å². The first-order valence-corrected chi connectivity index (χ1v) is 9.40. The SMILES string of the molecule is C=CCn1c(O)c(C(CC)=Nc2c(C)n(C)n(-c3ccccc3)c2=O)c(=O)[nH]c1=O. The first-order chi connectivity index (χ1) is 14.3. The van der Waals surface area contributed by atoms with Gasteiger partial charge in [0, 0.05) is 13.6 Å². The van der Waals surface area contributed by atoms with E-state index in [-0.39, 0.29) is 35.5 Å². The number of allylic oxidation sites excluding steroid dienone is 1. The molecule has 3 aromatic rings. The van der Waals surface area contributed by atoms with E-state index in [0.29, 0.717) is 11.4 Å². The van der Waals surface area contributed by atoms with Crippen LogP contribution in [0.15, 0.2) is 62.4 Å². The highest BCUT2D eigenvalue weighted by Crippen LogP contribution is 2.21. The van der Waals surface area contributed by atoms with Crippen LogP contribution in [0.1, 0.15) is 24.6 Å². The Labute approximate surface area is 171 Å². The van der Waals surface area contributed by atoms with Crippen molar-refractivity contribution in [3.8, 4) is 11.6 Å². The molecule has 9 nitrogen and oxygen atoms in total. The van der Waals surface area contributed by atoms with Crippen LogP contribution in [-0.4, -0.2) is 29.7 Å². The monoisotopic (exact) mass is 409 g/mol. The largest absolute Gasteiger partial charge is 0.494 e.